The molecule has 0 bridgehead atoms. The van der Waals surface area contributed by atoms with E-state index >= 15 is 0 Å². The van der Waals surface area contributed by atoms with Crippen molar-refractivity contribution in [2.75, 3.05) is 24.6 Å². The molecule has 35 heavy (non-hydrogen) atoms. The molecule has 4 rings (SSSR count). The summed E-state index contributed by atoms with van der Waals surface area (Å²) in [5.74, 6) is -0.251. The zero-order chi connectivity index (χ0) is 24.5. The van der Waals surface area contributed by atoms with Crippen LogP contribution in [-0.2, 0) is 22.8 Å². The molecule has 4 nitrogen and oxygen atoms in total. The maximum atomic E-state index is 12.9. The molecule has 0 aromatic heterocycles. The van der Waals surface area contributed by atoms with E-state index in [4.69, 9.17) is 9.84 Å². The number of anilines is 1. The molecule has 3 aromatic rings. The number of carboxylic acid groups (broad SMARTS) is 1. The van der Waals surface area contributed by atoms with Crippen LogP contribution in [0.15, 0.2) is 66.7 Å². The fourth-order valence-corrected chi connectivity index (χ4v) is 4.43. The number of carbonyl (C=O) groups is 1. The lowest BCUT2D eigenvalue weighted by atomic mass is 9.85. The molecule has 1 aliphatic heterocycles. The lowest BCUT2D eigenvalue weighted by molar-refractivity contribution is -0.138. The molecule has 8 heteroatoms. The second kappa shape index (κ2) is 10.2. The second-order valence-corrected chi connectivity index (χ2v) is 9.18. The lowest BCUT2D eigenvalue weighted by Gasteiger charge is -2.22. The number of nitrogens with zero attached hydrogens (tertiary/aromatic N) is 1. The molecule has 1 aliphatic rings. The molecule has 3 aromatic carbocycles. The van der Waals surface area contributed by atoms with E-state index in [-0.39, 0.29) is 24.2 Å². The van der Waals surface area contributed by atoms with E-state index in [2.05, 4.69) is 24.8 Å². The molecule has 186 valence electrons. The molecule has 0 unspecified atom stereocenters. The Hall–Kier alpha value is -3.19. The molecule has 0 saturated heterocycles. The fraction of sp³-hybridized carbons (Fsp3) is 0.296. The van der Waals surface area contributed by atoms with Gasteiger partial charge in [-0.05, 0) is 58.7 Å². The average Bonchev–Trinajstić information content (AvgIpc) is 3.02. The number of hydrogen-bond acceptors (Lipinski definition) is 3. The zero-order valence-corrected chi connectivity index (χ0v) is 20.2. The summed E-state index contributed by atoms with van der Waals surface area (Å²) in [5, 5.41) is 8.96. The number of ether oxygens (including phenoxy) is 1. The van der Waals surface area contributed by atoms with E-state index in [1.165, 1.54) is 12.1 Å². The Morgan fingerprint density at radius 2 is 1.71 bits per heavy atom. The van der Waals surface area contributed by atoms with Gasteiger partial charge >= 0.3 is 12.1 Å². The summed E-state index contributed by atoms with van der Waals surface area (Å²) in [7, 11) is 0. The third-order valence-electron chi connectivity index (χ3n) is 6.08. The van der Waals surface area contributed by atoms with Crippen molar-refractivity contribution in [3.63, 3.8) is 0 Å². The highest BCUT2D eigenvalue weighted by atomic mass is 35.5. The van der Waals surface area contributed by atoms with Crippen LogP contribution in [0.5, 0.6) is 5.75 Å². The summed E-state index contributed by atoms with van der Waals surface area (Å²) in [5.41, 5.74) is 3.77. The first-order valence-electron chi connectivity index (χ1n) is 11.0. The van der Waals surface area contributed by atoms with E-state index in [0.29, 0.717) is 24.5 Å². The summed E-state index contributed by atoms with van der Waals surface area (Å²) in [6.07, 6.45) is -4.40. The molecular formula is C27H27ClF3NO3. The van der Waals surface area contributed by atoms with Gasteiger partial charge in [0, 0.05) is 17.6 Å². The van der Waals surface area contributed by atoms with Crippen LogP contribution in [0.2, 0.25) is 0 Å². The molecule has 0 fully saturated rings. The van der Waals surface area contributed by atoms with Crippen LogP contribution in [0.4, 0.5) is 18.9 Å². The number of aliphatic carboxylic acids is 1. The second-order valence-electron chi connectivity index (χ2n) is 9.18. The molecule has 0 aliphatic carbocycles. The molecule has 0 spiro atoms. The first-order chi connectivity index (χ1) is 16.0. The number of benzene rings is 3. The van der Waals surface area contributed by atoms with Crippen molar-refractivity contribution in [2.45, 2.75) is 31.9 Å². The normalized spacial score (nSPS) is 14.3. The van der Waals surface area contributed by atoms with Crippen LogP contribution in [0.1, 0.15) is 30.5 Å². The van der Waals surface area contributed by atoms with Crippen molar-refractivity contribution in [2.24, 2.45) is 0 Å². The maximum absolute atomic E-state index is 12.9. The molecule has 1 heterocycles. The number of carboxylic acids is 1. The minimum Gasteiger partial charge on any atom is -0.492 e. The van der Waals surface area contributed by atoms with Crippen LogP contribution in [-0.4, -0.2) is 30.8 Å². The Bertz CT molecular complexity index is 1190. The lowest BCUT2D eigenvalue weighted by Crippen LogP contribution is -2.31. The molecule has 0 amide bonds. The highest BCUT2D eigenvalue weighted by Gasteiger charge is 2.35. The van der Waals surface area contributed by atoms with E-state index in [9.17, 15) is 18.0 Å². The Morgan fingerprint density at radius 3 is 2.37 bits per heavy atom. The maximum Gasteiger partial charge on any atom is 0.416 e. The average molecular weight is 506 g/mol. The minimum absolute atomic E-state index is 0. The summed E-state index contributed by atoms with van der Waals surface area (Å²) < 4.78 is 44.5. The van der Waals surface area contributed by atoms with E-state index in [0.717, 1.165) is 41.1 Å². The van der Waals surface area contributed by atoms with Crippen LogP contribution in [0.25, 0.3) is 11.1 Å². The van der Waals surface area contributed by atoms with Crippen molar-refractivity contribution in [3.05, 3.63) is 83.4 Å². The third kappa shape index (κ3) is 6.09. The number of rotatable bonds is 7. The highest BCUT2D eigenvalue weighted by Crippen LogP contribution is 2.42. The first-order valence-corrected chi connectivity index (χ1v) is 11.0. The Kier molecular flexibility index (Phi) is 7.70. The summed E-state index contributed by atoms with van der Waals surface area (Å²) in [6.45, 7) is 6.18. The predicted octanol–water partition coefficient (Wildman–Crippen LogP) is 6.60. The van der Waals surface area contributed by atoms with Gasteiger partial charge in [-0.25, -0.2) is 0 Å². The van der Waals surface area contributed by atoms with Gasteiger partial charge < -0.3 is 14.7 Å². The van der Waals surface area contributed by atoms with Gasteiger partial charge in [-0.2, -0.15) is 13.2 Å². The molecular weight excluding hydrogens is 479 g/mol. The molecule has 0 saturated carbocycles. The topological polar surface area (TPSA) is 49.8 Å². The van der Waals surface area contributed by atoms with Crippen molar-refractivity contribution in [1.29, 1.82) is 0 Å². The third-order valence-corrected chi connectivity index (χ3v) is 6.08. The van der Waals surface area contributed by atoms with Crippen LogP contribution in [0, 0.1) is 0 Å². The minimum atomic E-state index is -4.35. The molecule has 0 atom stereocenters. The molecule has 1 N–H and O–H groups in total. The van der Waals surface area contributed by atoms with Gasteiger partial charge in [0.2, 0.25) is 0 Å². The number of hydrogen-bond donors (Lipinski definition) is 1. The number of fused-ring (bicyclic) bond motifs is 1. The first kappa shape index (κ1) is 26.4. The number of halogens is 4. The Labute approximate surface area is 208 Å². The monoisotopic (exact) mass is 505 g/mol. The summed E-state index contributed by atoms with van der Waals surface area (Å²) in [6, 6.07) is 18.4. The van der Waals surface area contributed by atoms with Gasteiger partial charge in [-0.1, -0.05) is 44.2 Å². The van der Waals surface area contributed by atoms with Gasteiger partial charge in [-0.3, -0.25) is 4.79 Å². The van der Waals surface area contributed by atoms with Gasteiger partial charge in [0.1, 0.15) is 12.4 Å². The van der Waals surface area contributed by atoms with Crippen molar-refractivity contribution in [1.82, 2.24) is 0 Å². The van der Waals surface area contributed by atoms with E-state index in [1.54, 1.807) is 18.2 Å². The van der Waals surface area contributed by atoms with Gasteiger partial charge in [0.25, 0.3) is 0 Å². The SMILES string of the molecule is CC1(C)CN(CCOc2cccc(CC(=O)O)c2)c2ccc(-c3ccc(C(F)(F)F)cc3)cc21.Cl. The van der Waals surface area contributed by atoms with Gasteiger partial charge in [0.15, 0.2) is 0 Å². The fourth-order valence-electron chi connectivity index (χ4n) is 4.43. The van der Waals surface area contributed by atoms with Crippen molar-refractivity contribution >= 4 is 24.1 Å². The van der Waals surface area contributed by atoms with E-state index in [1.807, 2.05) is 18.2 Å². The molecule has 0 radical (unpaired) electrons. The largest absolute Gasteiger partial charge is 0.492 e. The summed E-state index contributed by atoms with van der Waals surface area (Å²) >= 11 is 0. The van der Waals surface area contributed by atoms with Crippen molar-refractivity contribution < 1.29 is 27.8 Å². The highest BCUT2D eigenvalue weighted by molar-refractivity contribution is 5.85. The Balaban J connectivity index is 0.00000342. The zero-order valence-electron chi connectivity index (χ0n) is 19.4. The smallest absolute Gasteiger partial charge is 0.416 e. The Morgan fingerprint density at radius 1 is 1.03 bits per heavy atom. The number of alkyl halides is 3. The van der Waals surface area contributed by atoms with Crippen LogP contribution >= 0.6 is 12.4 Å². The van der Waals surface area contributed by atoms with Crippen molar-refractivity contribution in [3.8, 4) is 16.9 Å². The van der Waals surface area contributed by atoms with Crippen LogP contribution in [0.3, 0.4) is 0 Å². The predicted molar refractivity (Wildman–Crippen MR) is 133 cm³/mol. The van der Waals surface area contributed by atoms with E-state index < -0.39 is 17.7 Å². The van der Waals surface area contributed by atoms with Crippen LogP contribution < -0.4 is 9.64 Å². The van der Waals surface area contributed by atoms with Gasteiger partial charge in [0.05, 0.1) is 18.5 Å². The quantitative estimate of drug-likeness (QED) is 0.393. The van der Waals surface area contributed by atoms with Gasteiger partial charge in [-0.15, -0.1) is 12.4 Å². The summed E-state index contributed by atoms with van der Waals surface area (Å²) in [4.78, 5) is 13.2. The standard InChI is InChI=1S/C27H26F3NO3.ClH/c1-26(2)17-31(12-13-34-22-5-3-4-18(14-22)15-25(32)33)24-11-8-20(16-23(24)26)19-6-9-21(10-7-19)27(28,29)30;/h3-11,14,16H,12-13,15,17H2,1-2H3,(H,32,33);1H.